The van der Waals surface area contributed by atoms with E-state index in [1.807, 2.05) is 36.5 Å². The third-order valence-electron chi connectivity index (χ3n) is 3.94. The Morgan fingerprint density at radius 1 is 0.909 bits per heavy atom. The average molecular weight is 294 g/mol. The quantitative estimate of drug-likeness (QED) is 0.695. The van der Waals surface area contributed by atoms with Gasteiger partial charge in [0, 0.05) is 31.9 Å². The zero-order chi connectivity index (χ0) is 15.2. The lowest BCUT2D eigenvalue weighted by Gasteiger charge is -2.34. The second-order valence-electron chi connectivity index (χ2n) is 5.62. The standard InChI is InChI=1S/C18H22N4/c1-21-11-13-22(14-12-21)18-9-7-16(8-10-18)15-19-20-17-5-3-2-4-6-17/h2-10,15,20H,11-14H2,1H3. The first-order valence-corrected chi connectivity index (χ1v) is 7.69. The molecule has 1 N–H and O–H groups in total. The SMILES string of the molecule is CN1CCN(c2ccc(C=NNc3ccccc3)cc2)CC1. The second kappa shape index (κ2) is 7.09. The number of hydrogen-bond acceptors (Lipinski definition) is 4. The Hall–Kier alpha value is -2.33. The number of rotatable bonds is 4. The number of nitrogens with one attached hydrogen (secondary N) is 1. The van der Waals surface area contributed by atoms with Gasteiger partial charge in [-0.15, -0.1) is 0 Å². The summed E-state index contributed by atoms with van der Waals surface area (Å²) in [6.07, 6.45) is 1.85. The molecule has 2 aromatic carbocycles. The van der Waals surface area contributed by atoms with Gasteiger partial charge in [-0.05, 0) is 36.9 Å². The van der Waals surface area contributed by atoms with Crippen molar-refractivity contribution in [3.63, 3.8) is 0 Å². The number of para-hydroxylation sites is 1. The van der Waals surface area contributed by atoms with Crippen molar-refractivity contribution in [2.75, 3.05) is 43.6 Å². The van der Waals surface area contributed by atoms with E-state index in [9.17, 15) is 0 Å². The summed E-state index contributed by atoms with van der Waals surface area (Å²) in [5.41, 5.74) is 6.41. The van der Waals surface area contributed by atoms with Crippen molar-refractivity contribution in [2.45, 2.75) is 0 Å². The molecule has 1 aliphatic rings. The third kappa shape index (κ3) is 3.86. The van der Waals surface area contributed by atoms with Crippen molar-refractivity contribution < 1.29 is 0 Å². The van der Waals surface area contributed by atoms with Crippen molar-refractivity contribution >= 4 is 17.6 Å². The highest BCUT2D eigenvalue weighted by Crippen LogP contribution is 2.16. The molecule has 3 rings (SSSR count). The Kier molecular flexibility index (Phi) is 4.71. The van der Waals surface area contributed by atoms with E-state index >= 15 is 0 Å². The maximum absolute atomic E-state index is 4.27. The van der Waals surface area contributed by atoms with E-state index in [4.69, 9.17) is 0 Å². The number of nitrogens with zero attached hydrogens (tertiary/aromatic N) is 3. The Morgan fingerprint density at radius 3 is 2.27 bits per heavy atom. The molecule has 0 amide bonds. The van der Waals surface area contributed by atoms with E-state index in [0.29, 0.717) is 0 Å². The van der Waals surface area contributed by atoms with E-state index in [1.165, 1.54) is 5.69 Å². The van der Waals surface area contributed by atoms with E-state index in [2.05, 4.69) is 51.6 Å². The number of likely N-dealkylation sites (N-methyl/N-ethyl adjacent to an activating group) is 1. The maximum Gasteiger partial charge on any atom is 0.0561 e. The lowest BCUT2D eigenvalue weighted by Crippen LogP contribution is -2.44. The summed E-state index contributed by atoms with van der Waals surface area (Å²) < 4.78 is 0. The molecule has 2 aromatic rings. The molecule has 1 aliphatic heterocycles. The molecule has 0 aliphatic carbocycles. The summed E-state index contributed by atoms with van der Waals surface area (Å²) in [6.45, 7) is 4.45. The first kappa shape index (κ1) is 14.6. The highest BCUT2D eigenvalue weighted by atomic mass is 15.3. The van der Waals surface area contributed by atoms with Crippen LogP contribution in [-0.4, -0.2) is 44.3 Å². The molecule has 0 saturated carbocycles. The Bertz CT molecular complexity index is 599. The molecule has 22 heavy (non-hydrogen) atoms. The lowest BCUT2D eigenvalue weighted by atomic mass is 10.2. The van der Waals surface area contributed by atoms with E-state index in [0.717, 1.165) is 37.4 Å². The van der Waals surface area contributed by atoms with E-state index in [1.54, 1.807) is 0 Å². The number of hydrogen-bond donors (Lipinski definition) is 1. The van der Waals surface area contributed by atoms with Crippen LogP contribution in [0.1, 0.15) is 5.56 Å². The first-order chi connectivity index (χ1) is 10.8. The van der Waals surface area contributed by atoms with Crippen molar-refractivity contribution in [1.82, 2.24) is 4.90 Å². The summed E-state index contributed by atoms with van der Waals surface area (Å²) in [5, 5.41) is 4.27. The highest BCUT2D eigenvalue weighted by molar-refractivity contribution is 5.81. The number of piperazine rings is 1. The van der Waals surface area contributed by atoms with Crippen LogP contribution >= 0.6 is 0 Å². The predicted molar refractivity (Wildman–Crippen MR) is 93.8 cm³/mol. The fourth-order valence-electron chi connectivity index (χ4n) is 2.53. The Morgan fingerprint density at radius 2 is 1.59 bits per heavy atom. The minimum atomic E-state index is 0.993. The van der Waals surface area contributed by atoms with Gasteiger partial charge in [0.15, 0.2) is 0 Å². The Balaban J connectivity index is 1.57. The monoisotopic (exact) mass is 294 g/mol. The summed E-state index contributed by atoms with van der Waals surface area (Å²) in [7, 11) is 2.18. The lowest BCUT2D eigenvalue weighted by molar-refractivity contribution is 0.313. The molecule has 4 heteroatoms. The van der Waals surface area contributed by atoms with Gasteiger partial charge in [-0.3, -0.25) is 5.43 Å². The molecule has 0 spiro atoms. The normalized spacial score (nSPS) is 16.1. The van der Waals surface area contributed by atoms with Gasteiger partial charge in [-0.2, -0.15) is 5.10 Å². The van der Waals surface area contributed by atoms with Gasteiger partial charge < -0.3 is 9.80 Å². The molecule has 1 heterocycles. The topological polar surface area (TPSA) is 30.9 Å². The first-order valence-electron chi connectivity index (χ1n) is 7.69. The van der Waals surface area contributed by atoms with Crippen LogP contribution < -0.4 is 10.3 Å². The van der Waals surface area contributed by atoms with Gasteiger partial charge in [-0.1, -0.05) is 30.3 Å². The fraction of sp³-hybridized carbons (Fsp3) is 0.278. The largest absolute Gasteiger partial charge is 0.369 e. The Labute approximate surface area is 132 Å². The van der Waals surface area contributed by atoms with Crippen LogP contribution in [0.2, 0.25) is 0 Å². The summed E-state index contributed by atoms with van der Waals surface area (Å²) in [4.78, 5) is 4.80. The average Bonchev–Trinajstić information content (AvgIpc) is 2.57. The van der Waals surface area contributed by atoms with Crippen molar-refractivity contribution in [1.29, 1.82) is 0 Å². The van der Waals surface area contributed by atoms with E-state index in [-0.39, 0.29) is 0 Å². The highest BCUT2D eigenvalue weighted by Gasteiger charge is 2.13. The van der Waals surface area contributed by atoms with E-state index < -0.39 is 0 Å². The number of hydrazone groups is 1. The van der Waals surface area contributed by atoms with Gasteiger partial charge in [0.25, 0.3) is 0 Å². The number of anilines is 2. The summed E-state index contributed by atoms with van der Waals surface area (Å²) >= 11 is 0. The zero-order valence-electron chi connectivity index (χ0n) is 12.9. The molecule has 0 bridgehead atoms. The van der Waals surface area contributed by atoms with Gasteiger partial charge in [0.1, 0.15) is 0 Å². The van der Waals surface area contributed by atoms with Gasteiger partial charge >= 0.3 is 0 Å². The second-order valence-corrected chi connectivity index (χ2v) is 5.62. The van der Waals surface area contributed by atoms with Gasteiger partial charge in [-0.25, -0.2) is 0 Å². The van der Waals surface area contributed by atoms with Crippen LogP contribution in [0, 0.1) is 0 Å². The molecule has 1 saturated heterocycles. The van der Waals surface area contributed by atoms with Crippen LogP contribution in [0.4, 0.5) is 11.4 Å². The third-order valence-corrected chi connectivity index (χ3v) is 3.94. The van der Waals surface area contributed by atoms with Crippen LogP contribution in [0.3, 0.4) is 0 Å². The number of benzene rings is 2. The smallest absolute Gasteiger partial charge is 0.0561 e. The molecule has 1 fully saturated rings. The molecule has 0 unspecified atom stereocenters. The van der Waals surface area contributed by atoms with Crippen LogP contribution in [0.25, 0.3) is 0 Å². The molecule has 0 aromatic heterocycles. The van der Waals surface area contributed by atoms with Crippen molar-refractivity contribution in [2.24, 2.45) is 5.10 Å². The molecule has 114 valence electrons. The molecular weight excluding hydrogens is 272 g/mol. The fourth-order valence-corrected chi connectivity index (χ4v) is 2.53. The minimum Gasteiger partial charge on any atom is -0.369 e. The molecule has 0 atom stereocenters. The van der Waals surface area contributed by atoms with Gasteiger partial charge in [0.05, 0.1) is 11.9 Å². The van der Waals surface area contributed by atoms with Crippen molar-refractivity contribution in [3.05, 3.63) is 60.2 Å². The van der Waals surface area contributed by atoms with Crippen LogP contribution in [-0.2, 0) is 0 Å². The predicted octanol–water partition coefficient (Wildman–Crippen LogP) is 2.88. The van der Waals surface area contributed by atoms with Crippen molar-refractivity contribution in [3.8, 4) is 0 Å². The maximum atomic E-state index is 4.27. The molecule has 4 nitrogen and oxygen atoms in total. The van der Waals surface area contributed by atoms with Crippen LogP contribution in [0.5, 0.6) is 0 Å². The molecular formula is C18H22N4. The zero-order valence-corrected chi connectivity index (χ0v) is 12.9. The summed E-state index contributed by atoms with van der Waals surface area (Å²) in [5.74, 6) is 0. The van der Waals surface area contributed by atoms with Crippen LogP contribution in [0.15, 0.2) is 59.7 Å². The van der Waals surface area contributed by atoms with Gasteiger partial charge in [0.2, 0.25) is 0 Å². The minimum absolute atomic E-state index is 0.993. The molecule has 0 radical (unpaired) electrons. The summed E-state index contributed by atoms with van der Waals surface area (Å²) in [6, 6.07) is 18.5.